The molecule has 0 spiro atoms. The number of hydrogen-bond donors (Lipinski definition) is 1. The standard InChI is InChI=1S/C15H15N3O5S/c1-14-7-15(14,17-11(19)10(16)12(17)24-14)13(20)23-6-8-2-4-9(5-3-8)18(21)22/h2-5,10,12H,6-7,16H2,1H3/t10-,12-,14-,15-/m1/s1. The summed E-state index contributed by atoms with van der Waals surface area (Å²) >= 11 is 1.56. The van der Waals surface area contributed by atoms with Gasteiger partial charge >= 0.3 is 5.97 Å². The van der Waals surface area contributed by atoms with Crippen LogP contribution in [0.1, 0.15) is 18.9 Å². The third-order valence-corrected chi connectivity index (χ3v) is 6.82. The Morgan fingerprint density at radius 3 is 2.79 bits per heavy atom. The Kier molecular flexibility index (Phi) is 3.02. The maximum absolute atomic E-state index is 12.6. The Balaban J connectivity index is 1.46. The van der Waals surface area contributed by atoms with Crippen molar-refractivity contribution in [3.05, 3.63) is 39.9 Å². The number of nitrogens with two attached hydrogens (primary N) is 1. The average Bonchev–Trinajstić information content (AvgIpc) is 3.10. The van der Waals surface area contributed by atoms with Crippen LogP contribution in [0.15, 0.2) is 24.3 Å². The fourth-order valence-corrected chi connectivity index (χ4v) is 5.43. The molecule has 0 unspecified atom stereocenters. The molecule has 4 atom stereocenters. The minimum Gasteiger partial charge on any atom is -0.459 e. The molecule has 2 saturated heterocycles. The number of hydrogen-bond acceptors (Lipinski definition) is 7. The highest BCUT2D eigenvalue weighted by Gasteiger charge is 2.84. The Bertz CT molecular complexity index is 769. The van der Waals surface area contributed by atoms with E-state index in [-0.39, 0.29) is 28.3 Å². The van der Waals surface area contributed by atoms with E-state index in [1.54, 1.807) is 28.8 Å². The van der Waals surface area contributed by atoms with Crippen LogP contribution in [0.5, 0.6) is 0 Å². The highest BCUT2D eigenvalue weighted by Crippen LogP contribution is 2.71. The predicted molar refractivity (Wildman–Crippen MR) is 84.8 cm³/mol. The van der Waals surface area contributed by atoms with Crippen LogP contribution in [0.3, 0.4) is 0 Å². The van der Waals surface area contributed by atoms with Crippen LogP contribution < -0.4 is 5.73 Å². The third kappa shape index (κ3) is 1.79. The summed E-state index contributed by atoms with van der Waals surface area (Å²) in [5, 5.41) is 10.5. The zero-order valence-electron chi connectivity index (χ0n) is 12.8. The predicted octanol–water partition coefficient (Wildman–Crippen LogP) is 0.782. The molecule has 24 heavy (non-hydrogen) atoms. The van der Waals surface area contributed by atoms with Gasteiger partial charge in [0, 0.05) is 18.6 Å². The molecular formula is C15H15N3O5S. The number of benzene rings is 1. The Morgan fingerprint density at radius 2 is 2.17 bits per heavy atom. The van der Waals surface area contributed by atoms with Crippen molar-refractivity contribution in [2.24, 2.45) is 5.73 Å². The summed E-state index contributed by atoms with van der Waals surface area (Å²) in [4.78, 5) is 36.4. The summed E-state index contributed by atoms with van der Waals surface area (Å²) in [7, 11) is 0. The zero-order valence-corrected chi connectivity index (χ0v) is 13.6. The Hall–Kier alpha value is -2.13. The number of fused-ring (bicyclic) bond motifs is 3. The number of nitro groups is 1. The second kappa shape index (κ2) is 4.70. The summed E-state index contributed by atoms with van der Waals surface area (Å²) in [5.41, 5.74) is 5.52. The number of carbonyl (C=O) groups excluding carboxylic acids is 2. The van der Waals surface area contributed by atoms with E-state index in [4.69, 9.17) is 10.5 Å². The number of rotatable bonds is 4. The molecule has 2 aliphatic heterocycles. The lowest BCUT2D eigenvalue weighted by Crippen LogP contribution is -2.70. The number of nitrogens with zero attached hydrogens (tertiary/aromatic N) is 2. The lowest BCUT2D eigenvalue weighted by molar-refractivity contribution is -0.384. The molecule has 3 aliphatic rings. The van der Waals surface area contributed by atoms with E-state index in [2.05, 4.69) is 0 Å². The topological polar surface area (TPSA) is 116 Å². The number of amides is 1. The summed E-state index contributed by atoms with van der Waals surface area (Å²) in [6.45, 7) is 1.96. The molecule has 3 fully saturated rings. The van der Waals surface area contributed by atoms with E-state index in [1.807, 2.05) is 6.92 Å². The van der Waals surface area contributed by atoms with Crippen LogP contribution in [0, 0.1) is 10.1 Å². The molecule has 1 aliphatic carbocycles. The van der Waals surface area contributed by atoms with Gasteiger partial charge in [-0.25, -0.2) is 4.79 Å². The maximum atomic E-state index is 12.6. The summed E-state index contributed by atoms with van der Waals surface area (Å²) in [6, 6.07) is 5.28. The molecule has 0 radical (unpaired) electrons. The molecule has 1 saturated carbocycles. The summed E-state index contributed by atoms with van der Waals surface area (Å²) < 4.78 is 5.06. The van der Waals surface area contributed by atoms with Gasteiger partial charge in [-0.1, -0.05) is 0 Å². The molecule has 0 bridgehead atoms. The summed E-state index contributed by atoms with van der Waals surface area (Å²) in [6.07, 6.45) is 0.568. The second-order valence-corrected chi connectivity index (χ2v) is 8.13. The first-order valence-electron chi connectivity index (χ1n) is 7.47. The number of non-ortho nitro benzene ring substituents is 1. The minimum absolute atomic E-state index is 0.0120. The van der Waals surface area contributed by atoms with Crippen molar-refractivity contribution < 1.29 is 19.2 Å². The number of esters is 1. The van der Waals surface area contributed by atoms with Crippen molar-refractivity contribution in [2.45, 2.75) is 41.7 Å². The molecular weight excluding hydrogens is 334 g/mol. The average molecular weight is 349 g/mol. The Labute approximate surface area is 141 Å². The molecule has 1 amide bonds. The first-order chi connectivity index (χ1) is 11.3. The number of nitro benzene ring substituents is 1. The van der Waals surface area contributed by atoms with E-state index in [1.165, 1.54) is 12.1 Å². The van der Waals surface area contributed by atoms with Gasteiger partial charge < -0.3 is 15.4 Å². The van der Waals surface area contributed by atoms with Gasteiger partial charge in [0.1, 0.15) is 18.0 Å². The molecule has 1 aromatic carbocycles. The van der Waals surface area contributed by atoms with Gasteiger partial charge in [-0.2, -0.15) is 0 Å². The fourth-order valence-electron chi connectivity index (χ4n) is 3.58. The van der Waals surface area contributed by atoms with E-state index in [9.17, 15) is 19.7 Å². The van der Waals surface area contributed by atoms with Crippen molar-refractivity contribution in [3.63, 3.8) is 0 Å². The number of carbonyl (C=O) groups is 2. The number of β-lactam (4-membered cyclic amide) rings is 1. The smallest absolute Gasteiger partial charge is 0.333 e. The SMILES string of the molecule is C[C@@]12C[C@]1(C(=O)OCc1ccc([N+](=O)[O-])cc1)N1C(=O)[C@@H](N)[C@H]1S2. The van der Waals surface area contributed by atoms with Crippen LogP contribution in [-0.2, 0) is 20.9 Å². The first kappa shape index (κ1) is 15.4. The van der Waals surface area contributed by atoms with E-state index >= 15 is 0 Å². The normalized spacial score (nSPS) is 35.8. The lowest BCUT2D eigenvalue weighted by Gasteiger charge is -2.44. The lowest BCUT2D eigenvalue weighted by atomic mass is 10.0. The second-order valence-electron chi connectivity index (χ2n) is 6.51. The van der Waals surface area contributed by atoms with Crippen LogP contribution >= 0.6 is 11.8 Å². The van der Waals surface area contributed by atoms with Gasteiger partial charge in [-0.3, -0.25) is 14.9 Å². The monoisotopic (exact) mass is 349 g/mol. The van der Waals surface area contributed by atoms with Crippen molar-refractivity contribution >= 4 is 29.3 Å². The van der Waals surface area contributed by atoms with E-state index in [0.29, 0.717) is 12.0 Å². The number of ether oxygens (including phenoxy) is 1. The van der Waals surface area contributed by atoms with E-state index in [0.717, 1.165) is 0 Å². The quantitative estimate of drug-likeness (QED) is 0.369. The van der Waals surface area contributed by atoms with Crippen molar-refractivity contribution in [1.29, 1.82) is 0 Å². The van der Waals surface area contributed by atoms with Gasteiger partial charge in [0.2, 0.25) is 5.91 Å². The molecule has 126 valence electrons. The number of thioether (sulfide) groups is 1. The zero-order chi connectivity index (χ0) is 17.3. The van der Waals surface area contributed by atoms with Crippen molar-refractivity contribution in [2.75, 3.05) is 0 Å². The Morgan fingerprint density at radius 1 is 1.50 bits per heavy atom. The molecule has 2 heterocycles. The van der Waals surface area contributed by atoms with Gasteiger partial charge in [0.15, 0.2) is 5.54 Å². The minimum atomic E-state index is -0.907. The molecule has 0 aromatic heterocycles. The first-order valence-corrected chi connectivity index (χ1v) is 8.35. The van der Waals surface area contributed by atoms with E-state index < -0.39 is 22.5 Å². The molecule has 8 nitrogen and oxygen atoms in total. The molecule has 1 aromatic rings. The fraction of sp³-hybridized carbons (Fsp3) is 0.467. The van der Waals surface area contributed by atoms with Crippen LogP contribution in [0.2, 0.25) is 0 Å². The molecule has 4 rings (SSSR count). The molecule has 2 N–H and O–H groups in total. The highest BCUT2D eigenvalue weighted by molar-refractivity contribution is 8.02. The highest BCUT2D eigenvalue weighted by atomic mass is 32.2. The largest absolute Gasteiger partial charge is 0.459 e. The van der Waals surface area contributed by atoms with Crippen molar-refractivity contribution in [3.8, 4) is 0 Å². The third-order valence-electron chi connectivity index (χ3n) is 5.07. The van der Waals surface area contributed by atoms with Gasteiger partial charge in [-0.15, -0.1) is 11.8 Å². The van der Waals surface area contributed by atoms with Crippen LogP contribution in [0.4, 0.5) is 5.69 Å². The van der Waals surface area contributed by atoms with Gasteiger partial charge in [-0.05, 0) is 24.6 Å². The maximum Gasteiger partial charge on any atom is 0.333 e. The van der Waals surface area contributed by atoms with Gasteiger partial charge in [0.05, 0.1) is 9.67 Å². The van der Waals surface area contributed by atoms with Crippen molar-refractivity contribution in [1.82, 2.24) is 4.90 Å². The van der Waals surface area contributed by atoms with Crippen LogP contribution in [0.25, 0.3) is 0 Å². The van der Waals surface area contributed by atoms with Crippen LogP contribution in [-0.4, -0.2) is 43.4 Å². The molecule has 9 heteroatoms. The van der Waals surface area contributed by atoms with Gasteiger partial charge in [0.25, 0.3) is 5.69 Å². The summed E-state index contributed by atoms with van der Waals surface area (Å²) in [5.74, 6) is -0.639.